The minimum atomic E-state index is -4.53. The highest BCUT2D eigenvalue weighted by Crippen LogP contribution is 2.41. The van der Waals surface area contributed by atoms with E-state index in [9.17, 15) is 26.7 Å². The molecule has 1 saturated heterocycles. The van der Waals surface area contributed by atoms with Crippen LogP contribution >= 0.6 is 0 Å². The number of amides is 1. The predicted octanol–water partition coefficient (Wildman–Crippen LogP) is 3.99. The van der Waals surface area contributed by atoms with E-state index in [4.69, 9.17) is 4.74 Å². The minimum absolute atomic E-state index is 0.0181. The van der Waals surface area contributed by atoms with E-state index in [2.05, 4.69) is 10.1 Å². The van der Waals surface area contributed by atoms with Crippen molar-refractivity contribution in [2.75, 3.05) is 6.73 Å². The third-order valence-corrected chi connectivity index (χ3v) is 5.57. The zero-order valence-electron chi connectivity index (χ0n) is 16.7. The van der Waals surface area contributed by atoms with Crippen LogP contribution in [0, 0.1) is 11.6 Å². The van der Waals surface area contributed by atoms with E-state index in [0.29, 0.717) is 0 Å². The fourth-order valence-electron chi connectivity index (χ4n) is 3.82. The number of benzene rings is 2. The van der Waals surface area contributed by atoms with Gasteiger partial charge in [-0.25, -0.2) is 18.4 Å². The summed E-state index contributed by atoms with van der Waals surface area (Å²) in [6.45, 7) is 1.33. The Labute approximate surface area is 179 Å². The van der Waals surface area contributed by atoms with Crippen molar-refractivity contribution in [2.24, 2.45) is 0 Å². The molecular weight excluding hydrogens is 435 g/mol. The van der Waals surface area contributed by atoms with E-state index in [1.807, 2.05) is 0 Å². The number of hydrogen-bond donors (Lipinski definition) is 0. The lowest BCUT2D eigenvalue weighted by atomic mass is 9.86. The summed E-state index contributed by atoms with van der Waals surface area (Å²) in [4.78, 5) is 18.2. The number of hydrogen-bond acceptors (Lipinski definition) is 4. The number of rotatable bonds is 4. The Hall–Kier alpha value is -3.34. The van der Waals surface area contributed by atoms with Crippen LogP contribution in [0.1, 0.15) is 28.4 Å². The van der Waals surface area contributed by atoms with Crippen molar-refractivity contribution in [3.8, 4) is 0 Å². The Balaban J connectivity index is 1.69. The second-order valence-electron chi connectivity index (χ2n) is 7.41. The van der Waals surface area contributed by atoms with E-state index in [1.54, 1.807) is 6.92 Å². The number of halogens is 5. The average molecular weight is 452 g/mol. The van der Waals surface area contributed by atoms with Crippen molar-refractivity contribution in [2.45, 2.75) is 31.3 Å². The summed E-state index contributed by atoms with van der Waals surface area (Å²) in [7, 11) is 0. The molecule has 0 radical (unpaired) electrons. The van der Waals surface area contributed by atoms with E-state index in [1.165, 1.54) is 28.3 Å². The highest BCUT2D eigenvalue weighted by atomic mass is 19.4. The van der Waals surface area contributed by atoms with Crippen LogP contribution in [0.5, 0.6) is 0 Å². The summed E-state index contributed by atoms with van der Waals surface area (Å²) < 4.78 is 74.1. The summed E-state index contributed by atoms with van der Waals surface area (Å²) in [5, 5.41) is 4.01. The molecule has 6 nitrogen and oxygen atoms in total. The van der Waals surface area contributed by atoms with Crippen LogP contribution in [0.4, 0.5) is 22.0 Å². The fourth-order valence-corrected chi connectivity index (χ4v) is 3.82. The van der Waals surface area contributed by atoms with Crippen LogP contribution in [-0.4, -0.2) is 38.3 Å². The van der Waals surface area contributed by atoms with Crippen LogP contribution in [0.2, 0.25) is 0 Å². The van der Waals surface area contributed by atoms with Gasteiger partial charge in [-0.05, 0) is 37.3 Å². The van der Waals surface area contributed by atoms with E-state index in [0.717, 1.165) is 36.4 Å². The molecule has 4 rings (SSSR count). The summed E-state index contributed by atoms with van der Waals surface area (Å²) >= 11 is 0. The number of carbonyl (C=O) groups excluding carboxylic acids is 1. The smallest absolute Gasteiger partial charge is 0.346 e. The maximum atomic E-state index is 14.8. The van der Waals surface area contributed by atoms with Gasteiger partial charge in [0.2, 0.25) is 0 Å². The summed E-state index contributed by atoms with van der Waals surface area (Å²) in [6, 6.07) is 6.05. The number of ether oxygens (including phenoxy) is 1. The highest BCUT2D eigenvalue weighted by molar-refractivity contribution is 5.94. The third-order valence-electron chi connectivity index (χ3n) is 5.57. The lowest BCUT2D eigenvalue weighted by Gasteiger charge is -2.34. The molecule has 0 saturated carbocycles. The summed E-state index contributed by atoms with van der Waals surface area (Å²) in [5.41, 5.74) is -2.28. The Morgan fingerprint density at radius 1 is 1.19 bits per heavy atom. The second-order valence-corrected chi connectivity index (χ2v) is 7.41. The van der Waals surface area contributed by atoms with Gasteiger partial charge in [0.25, 0.3) is 5.91 Å². The Bertz CT molecular complexity index is 1120. The molecule has 168 valence electrons. The first-order valence-corrected chi connectivity index (χ1v) is 9.52. The van der Waals surface area contributed by atoms with Gasteiger partial charge in [0.1, 0.15) is 36.6 Å². The first kappa shape index (κ1) is 21.9. The van der Waals surface area contributed by atoms with Crippen LogP contribution < -0.4 is 0 Å². The number of aromatic nitrogens is 3. The molecule has 3 aromatic rings. The zero-order chi connectivity index (χ0) is 23.1. The van der Waals surface area contributed by atoms with Gasteiger partial charge in [0, 0.05) is 17.2 Å². The van der Waals surface area contributed by atoms with E-state index < -0.39 is 40.9 Å². The molecule has 0 aliphatic carbocycles. The molecule has 1 aliphatic heterocycles. The van der Waals surface area contributed by atoms with Crippen molar-refractivity contribution in [1.29, 1.82) is 0 Å². The molecule has 2 atom stereocenters. The van der Waals surface area contributed by atoms with Crippen molar-refractivity contribution in [3.63, 3.8) is 0 Å². The van der Waals surface area contributed by atoms with Gasteiger partial charge in [-0.2, -0.15) is 18.3 Å². The summed E-state index contributed by atoms with van der Waals surface area (Å²) in [6.07, 6.45) is -1.86. The van der Waals surface area contributed by atoms with Crippen LogP contribution in [0.15, 0.2) is 55.1 Å². The normalized spacial score (nSPS) is 21.2. The van der Waals surface area contributed by atoms with Gasteiger partial charge in [-0.1, -0.05) is 6.07 Å². The molecule has 0 bridgehead atoms. The second kappa shape index (κ2) is 7.97. The molecule has 1 aliphatic rings. The largest absolute Gasteiger partial charge is 0.416 e. The van der Waals surface area contributed by atoms with Crippen molar-refractivity contribution in [1.82, 2.24) is 19.7 Å². The quantitative estimate of drug-likeness (QED) is 0.562. The van der Waals surface area contributed by atoms with Crippen molar-refractivity contribution < 1.29 is 31.5 Å². The zero-order valence-corrected chi connectivity index (χ0v) is 16.7. The lowest BCUT2D eigenvalue weighted by molar-refractivity contribution is -0.137. The van der Waals surface area contributed by atoms with Crippen LogP contribution in [-0.2, 0) is 23.1 Å². The standard InChI is InChI=1S/C21H17F5N4O2/c1-13-20(9-29-11-27-10-28-29,17-7-6-16(22)8-18(17)23)32-12-30(13)19(31)14-2-4-15(5-3-14)21(24,25)26/h2-8,10-11,13H,9,12H2,1H3/t13-,20-/m1/s1. The molecule has 11 heteroatoms. The van der Waals surface area contributed by atoms with Crippen LogP contribution in [0.3, 0.4) is 0 Å². The Kier molecular flexibility index (Phi) is 5.45. The molecule has 0 unspecified atom stereocenters. The molecule has 32 heavy (non-hydrogen) atoms. The predicted molar refractivity (Wildman–Crippen MR) is 101 cm³/mol. The number of nitrogens with zero attached hydrogens (tertiary/aromatic N) is 4. The average Bonchev–Trinajstić information content (AvgIpc) is 3.36. The molecule has 2 aromatic carbocycles. The molecule has 2 heterocycles. The van der Waals surface area contributed by atoms with Gasteiger partial charge in [-0.15, -0.1) is 0 Å². The number of alkyl halides is 3. The molecule has 1 fully saturated rings. The maximum absolute atomic E-state index is 14.8. The Morgan fingerprint density at radius 2 is 1.91 bits per heavy atom. The van der Waals surface area contributed by atoms with Gasteiger partial charge in [0.05, 0.1) is 18.2 Å². The topological polar surface area (TPSA) is 60.2 Å². The van der Waals surface area contributed by atoms with Gasteiger partial charge in [-0.3, -0.25) is 4.79 Å². The summed E-state index contributed by atoms with van der Waals surface area (Å²) in [5.74, 6) is -2.22. The fraction of sp³-hybridized carbons (Fsp3) is 0.286. The first-order chi connectivity index (χ1) is 15.1. The van der Waals surface area contributed by atoms with E-state index in [-0.39, 0.29) is 24.4 Å². The third kappa shape index (κ3) is 3.83. The molecule has 0 N–H and O–H groups in total. The van der Waals surface area contributed by atoms with Crippen molar-refractivity contribution >= 4 is 5.91 Å². The minimum Gasteiger partial charge on any atom is -0.346 e. The molecule has 1 amide bonds. The first-order valence-electron chi connectivity index (χ1n) is 9.52. The highest BCUT2D eigenvalue weighted by Gasteiger charge is 2.51. The molecule has 1 aromatic heterocycles. The van der Waals surface area contributed by atoms with Gasteiger partial charge in [0.15, 0.2) is 0 Å². The lowest BCUT2D eigenvalue weighted by Crippen LogP contribution is -2.46. The van der Waals surface area contributed by atoms with Gasteiger partial charge >= 0.3 is 6.18 Å². The molecular formula is C21H17F5N4O2. The van der Waals surface area contributed by atoms with Crippen LogP contribution in [0.25, 0.3) is 0 Å². The van der Waals surface area contributed by atoms with E-state index >= 15 is 0 Å². The maximum Gasteiger partial charge on any atom is 0.416 e. The number of carbonyl (C=O) groups is 1. The Morgan fingerprint density at radius 3 is 2.50 bits per heavy atom. The molecule has 0 spiro atoms. The SMILES string of the molecule is C[C@H]1N(C(=O)c2ccc(C(F)(F)F)cc2)CO[C@@]1(Cn1cncn1)c1ccc(F)cc1F. The van der Waals surface area contributed by atoms with Gasteiger partial charge < -0.3 is 9.64 Å². The monoisotopic (exact) mass is 452 g/mol. The van der Waals surface area contributed by atoms with Crippen molar-refractivity contribution in [3.05, 3.63) is 83.4 Å².